The van der Waals surface area contributed by atoms with Crippen molar-refractivity contribution in [3.05, 3.63) is 158 Å². The lowest BCUT2D eigenvalue weighted by atomic mass is 10.1. The minimum Gasteiger partial charge on any atom is -0.309 e. The molecule has 7 rings (SSSR count). The van der Waals surface area contributed by atoms with Gasteiger partial charge in [-0.1, -0.05) is 121 Å². The lowest BCUT2D eigenvalue weighted by Crippen LogP contribution is -2.25. The number of benzene rings is 6. The highest BCUT2D eigenvalue weighted by atomic mass is 32.2. The molecule has 0 unspecified atom stereocenters. The Balaban J connectivity index is 1.47. The van der Waals surface area contributed by atoms with Gasteiger partial charge >= 0.3 is 0 Å². The summed E-state index contributed by atoms with van der Waals surface area (Å²) in [5, 5.41) is 3.71. The summed E-state index contributed by atoms with van der Waals surface area (Å²) in [6, 6.07) is 47.1. The van der Waals surface area contributed by atoms with E-state index in [0.717, 1.165) is 0 Å². The molecule has 0 atom stereocenters. The maximum absolute atomic E-state index is 15.1. The minimum absolute atomic E-state index is 0.158. The molecule has 0 spiro atoms. The molecular weight excluding hydrogens is 590 g/mol. The molecule has 0 amide bonds. The third kappa shape index (κ3) is 4.31. The molecule has 43 heavy (non-hydrogen) atoms. The molecule has 6 aromatic rings. The maximum atomic E-state index is 15.1. The lowest BCUT2D eigenvalue weighted by Gasteiger charge is -2.21. The summed E-state index contributed by atoms with van der Waals surface area (Å²) < 4.78 is 57.7. The van der Waals surface area contributed by atoms with Crippen molar-refractivity contribution in [3.8, 4) is 11.1 Å². The van der Waals surface area contributed by atoms with Gasteiger partial charge in [-0.2, -0.15) is 0 Å². The van der Waals surface area contributed by atoms with Crippen molar-refractivity contribution >= 4 is 55.9 Å². The van der Waals surface area contributed by atoms with E-state index >= 15 is 9.13 Å². The molecule has 6 aromatic carbocycles. The van der Waals surface area contributed by atoms with Crippen LogP contribution in [-0.4, -0.2) is 8.42 Å². The van der Waals surface area contributed by atoms with Gasteiger partial charge in [-0.05, 0) is 36.4 Å². The van der Waals surface area contributed by atoms with Crippen LogP contribution in [0, 0.1) is 0 Å². The number of hydrogen-bond donors (Lipinski definition) is 0. The zero-order valence-electron chi connectivity index (χ0n) is 22.9. The van der Waals surface area contributed by atoms with Crippen molar-refractivity contribution in [2.45, 2.75) is 9.79 Å². The predicted molar refractivity (Wildman–Crippen MR) is 176 cm³/mol. The van der Waals surface area contributed by atoms with E-state index in [1.807, 2.05) is 121 Å². The zero-order chi connectivity index (χ0) is 29.7. The molecule has 0 bridgehead atoms. The largest absolute Gasteiger partial charge is 0.309 e. The smallest absolute Gasteiger partial charge is 0.207 e. The minimum atomic E-state index is -3.83. The summed E-state index contributed by atoms with van der Waals surface area (Å²) >= 11 is 0. The van der Waals surface area contributed by atoms with Crippen molar-refractivity contribution in [2.75, 3.05) is 0 Å². The molecule has 210 valence electrons. The highest BCUT2D eigenvalue weighted by Gasteiger charge is 2.38. The Labute approximate surface area is 251 Å². The van der Waals surface area contributed by atoms with Crippen LogP contribution in [-0.2, 0) is 19.0 Å². The van der Waals surface area contributed by atoms with Crippen LogP contribution < -0.4 is 31.8 Å². The first-order chi connectivity index (χ1) is 20.8. The van der Waals surface area contributed by atoms with Gasteiger partial charge in [0.2, 0.25) is 9.84 Å². The van der Waals surface area contributed by atoms with Crippen molar-refractivity contribution in [3.63, 3.8) is 0 Å². The van der Waals surface area contributed by atoms with Crippen LogP contribution in [0.25, 0.3) is 11.1 Å². The normalized spacial score (nSPS) is 13.7. The van der Waals surface area contributed by atoms with Gasteiger partial charge in [-0.3, -0.25) is 0 Å². The molecule has 1 aliphatic rings. The molecule has 0 aliphatic carbocycles. The Hall–Kier alpha value is -4.27. The fraction of sp³-hybridized carbons (Fsp3) is 0. The van der Waals surface area contributed by atoms with Gasteiger partial charge in [-0.15, -0.1) is 0 Å². The van der Waals surface area contributed by atoms with E-state index in [4.69, 9.17) is 0 Å². The van der Waals surface area contributed by atoms with Crippen molar-refractivity contribution in [1.29, 1.82) is 0 Å². The Morgan fingerprint density at radius 3 is 0.907 bits per heavy atom. The summed E-state index contributed by atoms with van der Waals surface area (Å²) in [7, 11) is -10.5. The SMILES string of the molecule is O=P(c1ccccc1)(c1ccccc1)c1ccc2c(c1)-c1cc(P(=O)(c3ccccc3)c3ccccc3)ccc1S2(=O)=O. The molecule has 1 heterocycles. The van der Waals surface area contributed by atoms with Crippen LogP contribution in [0.5, 0.6) is 0 Å². The molecule has 7 heteroatoms. The Bertz CT molecular complexity index is 1940. The third-order valence-electron chi connectivity index (χ3n) is 8.00. The van der Waals surface area contributed by atoms with E-state index in [1.165, 1.54) is 0 Å². The first-order valence-electron chi connectivity index (χ1n) is 13.8. The number of fused-ring (bicyclic) bond motifs is 3. The van der Waals surface area contributed by atoms with Crippen LogP contribution in [0.2, 0.25) is 0 Å². The first kappa shape index (κ1) is 27.6. The van der Waals surface area contributed by atoms with E-state index in [1.54, 1.807) is 36.4 Å². The Morgan fingerprint density at radius 1 is 0.349 bits per heavy atom. The molecule has 1 aliphatic heterocycles. The number of rotatable bonds is 6. The zero-order valence-corrected chi connectivity index (χ0v) is 25.6. The average Bonchev–Trinajstić information content (AvgIpc) is 3.30. The van der Waals surface area contributed by atoms with Crippen LogP contribution in [0.15, 0.2) is 168 Å². The fourth-order valence-electron chi connectivity index (χ4n) is 5.88. The highest BCUT2D eigenvalue weighted by Crippen LogP contribution is 2.49. The second kappa shape index (κ2) is 10.5. The molecule has 0 radical (unpaired) electrons. The number of hydrogen-bond acceptors (Lipinski definition) is 4. The monoisotopic (exact) mass is 616 g/mol. The van der Waals surface area contributed by atoms with Gasteiger partial charge in [0, 0.05) is 43.0 Å². The second-order valence-electron chi connectivity index (χ2n) is 10.4. The van der Waals surface area contributed by atoms with Crippen molar-refractivity contribution in [1.82, 2.24) is 0 Å². The van der Waals surface area contributed by atoms with E-state index in [9.17, 15) is 8.42 Å². The van der Waals surface area contributed by atoms with E-state index < -0.39 is 24.1 Å². The van der Waals surface area contributed by atoms with Crippen LogP contribution in [0.3, 0.4) is 0 Å². The molecule has 0 aromatic heterocycles. The topological polar surface area (TPSA) is 68.3 Å². The van der Waals surface area contributed by atoms with Crippen LogP contribution in [0.4, 0.5) is 0 Å². The van der Waals surface area contributed by atoms with Crippen molar-refractivity contribution in [2.24, 2.45) is 0 Å². The van der Waals surface area contributed by atoms with E-state index in [0.29, 0.717) is 43.0 Å². The van der Waals surface area contributed by atoms with E-state index in [2.05, 4.69) is 0 Å². The summed E-state index contributed by atoms with van der Waals surface area (Å²) in [6.45, 7) is 0. The molecule has 0 saturated carbocycles. The van der Waals surface area contributed by atoms with Crippen LogP contribution in [0.1, 0.15) is 0 Å². The fourth-order valence-corrected chi connectivity index (χ4v) is 12.9. The average molecular weight is 617 g/mol. The van der Waals surface area contributed by atoms with Gasteiger partial charge in [-0.25, -0.2) is 8.42 Å². The van der Waals surface area contributed by atoms with Gasteiger partial charge < -0.3 is 9.13 Å². The summed E-state index contributed by atoms with van der Waals surface area (Å²) in [5.74, 6) is 0. The molecular formula is C36H26O4P2S. The summed E-state index contributed by atoms with van der Waals surface area (Å²) in [6.07, 6.45) is 0. The molecule has 4 nitrogen and oxygen atoms in total. The molecule has 0 fully saturated rings. The van der Waals surface area contributed by atoms with Gasteiger partial charge in [0.15, 0.2) is 14.3 Å². The van der Waals surface area contributed by atoms with Crippen molar-refractivity contribution < 1.29 is 17.5 Å². The van der Waals surface area contributed by atoms with Gasteiger partial charge in [0.25, 0.3) is 0 Å². The predicted octanol–water partition coefficient (Wildman–Crippen LogP) is 5.78. The second-order valence-corrected chi connectivity index (χ2v) is 17.8. The quantitative estimate of drug-likeness (QED) is 0.222. The first-order valence-corrected chi connectivity index (χ1v) is 18.7. The third-order valence-corrected chi connectivity index (χ3v) is 16.0. The number of sulfone groups is 1. The summed E-state index contributed by atoms with van der Waals surface area (Å²) in [4.78, 5) is 0.315. The standard InChI is InChI=1S/C36H26O4P2S/c37-41(27-13-5-1-6-14-27,28-15-7-2-8-16-28)31-21-23-35-33(25-31)34-26-32(22-24-36(34)43(35,39)40)42(38,29-17-9-3-10-18-29)30-19-11-4-12-20-30/h1-26H. The maximum Gasteiger partial charge on any atom is 0.207 e. The highest BCUT2D eigenvalue weighted by molar-refractivity contribution is 7.92. The molecule has 0 N–H and O–H groups in total. The summed E-state index contributed by atoms with van der Waals surface area (Å²) in [5.41, 5.74) is 0.934. The Kier molecular flexibility index (Phi) is 6.71. The Morgan fingerprint density at radius 2 is 0.628 bits per heavy atom. The van der Waals surface area contributed by atoms with Crippen LogP contribution >= 0.6 is 14.3 Å². The molecule has 0 saturated heterocycles. The lowest BCUT2D eigenvalue weighted by molar-refractivity contribution is 0.591. The van der Waals surface area contributed by atoms with Gasteiger partial charge in [0.05, 0.1) is 9.79 Å². The van der Waals surface area contributed by atoms with E-state index in [-0.39, 0.29) is 9.79 Å². The van der Waals surface area contributed by atoms with Gasteiger partial charge in [0.1, 0.15) is 0 Å².